The Hall–Kier alpha value is -1.80. The number of halogens is 7. The van der Waals surface area contributed by atoms with Gasteiger partial charge in [0.1, 0.15) is 0 Å². The molecule has 0 aliphatic carbocycles. The molecule has 118 valence electrons. The van der Waals surface area contributed by atoms with Gasteiger partial charge in [-0.15, -0.1) is 0 Å². The van der Waals surface area contributed by atoms with Crippen molar-refractivity contribution in [2.24, 2.45) is 0 Å². The maximum atomic E-state index is 13.1. The molecule has 1 aromatic carbocycles. The monoisotopic (exact) mass is 317 g/mol. The Bertz CT molecular complexity index is 498. The lowest BCUT2D eigenvalue weighted by molar-refractivity contribution is -0.344. The minimum Gasteiger partial charge on any atom is -0.344 e. The summed E-state index contributed by atoms with van der Waals surface area (Å²) in [6.45, 7) is 1.18. The minimum atomic E-state index is -6.54. The van der Waals surface area contributed by atoms with Gasteiger partial charge in [0.15, 0.2) is 0 Å². The van der Waals surface area contributed by atoms with E-state index in [2.05, 4.69) is 0 Å². The first-order valence-corrected chi connectivity index (χ1v) is 5.59. The molecule has 0 radical (unpaired) electrons. The van der Waals surface area contributed by atoms with Crippen molar-refractivity contribution in [1.82, 2.24) is 5.32 Å². The van der Waals surface area contributed by atoms with Gasteiger partial charge in [-0.3, -0.25) is 4.79 Å². The van der Waals surface area contributed by atoms with Crippen molar-refractivity contribution < 1.29 is 35.5 Å². The SMILES string of the molecule is CC(NC(=O)C(F)(F)C(F)(F)C(F)(F)F)c1ccccc1. The molecule has 0 aromatic heterocycles. The number of alkyl halides is 7. The van der Waals surface area contributed by atoms with Gasteiger partial charge in [0.25, 0.3) is 5.91 Å². The topological polar surface area (TPSA) is 29.1 Å². The molecule has 0 saturated heterocycles. The Labute approximate surface area is 114 Å². The molecule has 0 aliphatic rings. The number of nitrogens with one attached hydrogen (secondary N) is 1. The molecule has 0 saturated carbocycles. The van der Waals surface area contributed by atoms with E-state index < -0.39 is 30.0 Å². The van der Waals surface area contributed by atoms with Crippen LogP contribution in [0.1, 0.15) is 18.5 Å². The predicted molar refractivity (Wildman–Crippen MR) is 58.9 cm³/mol. The summed E-state index contributed by atoms with van der Waals surface area (Å²) in [5, 5.41) is 1.45. The van der Waals surface area contributed by atoms with Crippen LogP contribution in [-0.2, 0) is 4.79 Å². The molecule has 0 fully saturated rings. The summed E-state index contributed by atoms with van der Waals surface area (Å²) in [5.41, 5.74) is 0.275. The van der Waals surface area contributed by atoms with E-state index in [1.807, 2.05) is 0 Å². The quantitative estimate of drug-likeness (QED) is 0.843. The Morgan fingerprint density at radius 3 is 1.90 bits per heavy atom. The van der Waals surface area contributed by atoms with E-state index in [9.17, 15) is 35.5 Å². The Kier molecular flexibility index (Phi) is 4.54. The number of benzene rings is 1. The molecule has 1 unspecified atom stereocenters. The molecule has 1 atom stereocenters. The first-order chi connectivity index (χ1) is 9.41. The summed E-state index contributed by atoms with van der Waals surface area (Å²) in [6, 6.07) is 6.18. The average Bonchev–Trinajstić information content (AvgIpc) is 2.38. The Morgan fingerprint density at radius 2 is 1.48 bits per heavy atom. The predicted octanol–water partition coefficient (Wildman–Crippen LogP) is 3.70. The number of hydrogen-bond donors (Lipinski definition) is 1. The smallest absolute Gasteiger partial charge is 0.344 e. The number of amides is 1. The van der Waals surface area contributed by atoms with E-state index in [0.717, 1.165) is 0 Å². The van der Waals surface area contributed by atoms with E-state index in [1.54, 1.807) is 6.07 Å². The molecule has 2 nitrogen and oxygen atoms in total. The van der Waals surface area contributed by atoms with E-state index in [1.165, 1.54) is 36.5 Å². The molecular formula is C12H10F7NO. The zero-order valence-corrected chi connectivity index (χ0v) is 10.5. The van der Waals surface area contributed by atoms with Gasteiger partial charge >= 0.3 is 18.0 Å². The maximum absolute atomic E-state index is 13.1. The molecule has 0 heterocycles. The maximum Gasteiger partial charge on any atom is 0.460 e. The van der Waals surface area contributed by atoms with Crippen LogP contribution in [-0.4, -0.2) is 23.9 Å². The van der Waals surface area contributed by atoms with Crippen LogP contribution in [0.4, 0.5) is 30.7 Å². The first-order valence-electron chi connectivity index (χ1n) is 5.59. The van der Waals surface area contributed by atoms with Gasteiger partial charge in [0.05, 0.1) is 6.04 Å². The Morgan fingerprint density at radius 1 is 1.00 bits per heavy atom. The van der Waals surface area contributed by atoms with Crippen LogP contribution in [0.15, 0.2) is 30.3 Å². The average molecular weight is 317 g/mol. The molecule has 1 amide bonds. The van der Waals surface area contributed by atoms with Gasteiger partial charge in [-0.05, 0) is 12.5 Å². The van der Waals surface area contributed by atoms with E-state index in [0.29, 0.717) is 0 Å². The molecule has 0 aliphatic heterocycles. The fourth-order valence-corrected chi connectivity index (χ4v) is 1.43. The molecule has 1 rings (SSSR count). The van der Waals surface area contributed by atoms with Crippen LogP contribution in [0.3, 0.4) is 0 Å². The molecule has 0 spiro atoms. The summed E-state index contributed by atoms with van der Waals surface area (Å²) in [6.07, 6.45) is -6.54. The van der Waals surface area contributed by atoms with Gasteiger partial charge in [-0.25, -0.2) is 0 Å². The van der Waals surface area contributed by atoms with Crippen molar-refractivity contribution in [1.29, 1.82) is 0 Å². The zero-order chi connectivity index (χ0) is 16.5. The molecule has 21 heavy (non-hydrogen) atoms. The van der Waals surface area contributed by atoms with Crippen LogP contribution in [0, 0.1) is 0 Å². The fourth-order valence-electron chi connectivity index (χ4n) is 1.43. The zero-order valence-electron chi connectivity index (χ0n) is 10.5. The standard InChI is InChI=1S/C12H10F7NO/c1-7(8-5-3-2-4-6-8)20-9(21)10(13,14)11(15,16)12(17,18)19/h2-7H,1H3,(H,20,21). The lowest BCUT2D eigenvalue weighted by atomic mass is 10.1. The van der Waals surface area contributed by atoms with Crippen molar-refractivity contribution in [3.05, 3.63) is 35.9 Å². The summed E-state index contributed by atoms with van der Waals surface area (Å²) in [4.78, 5) is 11.1. The molecular weight excluding hydrogens is 307 g/mol. The van der Waals surface area contributed by atoms with Gasteiger partial charge in [-0.1, -0.05) is 30.3 Å². The van der Waals surface area contributed by atoms with Gasteiger partial charge < -0.3 is 5.32 Å². The Balaban J connectivity index is 2.93. The van der Waals surface area contributed by atoms with Crippen molar-refractivity contribution in [2.45, 2.75) is 31.0 Å². The highest BCUT2D eigenvalue weighted by atomic mass is 19.4. The van der Waals surface area contributed by atoms with E-state index in [4.69, 9.17) is 0 Å². The molecule has 1 N–H and O–H groups in total. The largest absolute Gasteiger partial charge is 0.460 e. The third kappa shape index (κ3) is 3.27. The second-order valence-corrected chi connectivity index (χ2v) is 4.25. The number of hydrogen-bond acceptors (Lipinski definition) is 1. The summed E-state index contributed by atoms with van der Waals surface area (Å²) >= 11 is 0. The van der Waals surface area contributed by atoms with Crippen molar-refractivity contribution in [3.8, 4) is 0 Å². The number of rotatable bonds is 4. The van der Waals surface area contributed by atoms with Gasteiger partial charge in [-0.2, -0.15) is 30.7 Å². The van der Waals surface area contributed by atoms with Gasteiger partial charge in [0, 0.05) is 0 Å². The first kappa shape index (κ1) is 17.3. The summed E-state index contributed by atoms with van der Waals surface area (Å²) in [7, 11) is 0. The number of carbonyl (C=O) groups is 1. The van der Waals surface area contributed by atoms with Crippen LogP contribution < -0.4 is 5.32 Å². The molecule has 9 heteroatoms. The van der Waals surface area contributed by atoms with Crippen LogP contribution in [0.2, 0.25) is 0 Å². The highest BCUT2D eigenvalue weighted by Gasteiger charge is 2.76. The van der Waals surface area contributed by atoms with Crippen LogP contribution in [0.25, 0.3) is 0 Å². The lowest BCUT2D eigenvalue weighted by Crippen LogP contribution is -2.59. The summed E-state index contributed by atoms with van der Waals surface area (Å²) in [5.74, 6) is -15.1. The summed E-state index contributed by atoms with van der Waals surface area (Å²) < 4.78 is 87.3. The van der Waals surface area contributed by atoms with Crippen LogP contribution >= 0.6 is 0 Å². The van der Waals surface area contributed by atoms with Gasteiger partial charge in [0.2, 0.25) is 0 Å². The third-order valence-corrected chi connectivity index (χ3v) is 2.68. The van der Waals surface area contributed by atoms with Crippen LogP contribution in [0.5, 0.6) is 0 Å². The second kappa shape index (κ2) is 5.53. The minimum absolute atomic E-state index is 0.275. The number of carbonyl (C=O) groups excluding carboxylic acids is 1. The van der Waals surface area contributed by atoms with Crippen molar-refractivity contribution in [3.63, 3.8) is 0 Å². The third-order valence-electron chi connectivity index (χ3n) is 2.68. The van der Waals surface area contributed by atoms with Crippen molar-refractivity contribution >= 4 is 5.91 Å². The lowest BCUT2D eigenvalue weighted by Gasteiger charge is -2.28. The fraction of sp³-hybridized carbons (Fsp3) is 0.417. The van der Waals surface area contributed by atoms with E-state index in [-0.39, 0.29) is 5.56 Å². The highest BCUT2D eigenvalue weighted by molar-refractivity contribution is 5.85. The highest BCUT2D eigenvalue weighted by Crippen LogP contribution is 2.46. The molecule has 1 aromatic rings. The molecule has 0 bridgehead atoms. The van der Waals surface area contributed by atoms with E-state index >= 15 is 0 Å². The normalized spacial score (nSPS) is 14.7. The second-order valence-electron chi connectivity index (χ2n) is 4.25. The van der Waals surface area contributed by atoms with Crippen molar-refractivity contribution in [2.75, 3.05) is 0 Å².